The van der Waals surface area contributed by atoms with Crippen LogP contribution in [0.1, 0.15) is 10.4 Å². The second kappa shape index (κ2) is 4.89. The molecular weight excluding hydrogens is 301 g/mol. The summed E-state index contributed by atoms with van der Waals surface area (Å²) in [6.07, 6.45) is 0. The van der Waals surface area contributed by atoms with Gasteiger partial charge in [0.2, 0.25) is 0 Å². The number of esters is 1. The third-order valence-corrected chi connectivity index (χ3v) is 3.12. The predicted molar refractivity (Wildman–Crippen MR) is 43.9 cm³/mol. The van der Waals surface area contributed by atoms with E-state index in [0.29, 0.717) is 3.57 Å². The van der Waals surface area contributed by atoms with Crippen molar-refractivity contribution in [1.82, 2.24) is 0 Å². The van der Waals surface area contributed by atoms with E-state index < -0.39 is 27.4 Å². The van der Waals surface area contributed by atoms with Gasteiger partial charge in [0.15, 0.2) is 0 Å². The normalized spacial score (nSPS) is 9.79. The number of rotatable bonds is 3. The first-order valence-electron chi connectivity index (χ1n) is 3.57. The van der Waals surface area contributed by atoms with E-state index in [1.165, 1.54) is 25.3 Å². The maximum atomic E-state index is 11.0. The van der Waals surface area contributed by atoms with Gasteiger partial charge in [-0.25, -0.2) is 0 Å². The number of hydrogen-bond acceptors (Lipinski definition) is 5. The summed E-state index contributed by atoms with van der Waals surface area (Å²) < 4.78 is 7.70. The van der Waals surface area contributed by atoms with Crippen LogP contribution in [0.4, 0.5) is 0 Å². The van der Waals surface area contributed by atoms with E-state index in [9.17, 15) is 14.8 Å². The number of carbonyl (C=O) groups excluding carboxylic acids is 1. The van der Waals surface area contributed by atoms with Crippen molar-refractivity contribution >= 4 is 5.97 Å². The first-order chi connectivity index (χ1) is 6.69. The van der Waals surface area contributed by atoms with Crippen LogP contribution in [0.5, 0.6) is 5.75 Å². The fourth-order valence-corrected chi connectivity index (χ4v) is 1.82. The molecule has 0 atom stereocenters. The topological polar surface area (TPSA) is 76.0 Å². The Hall–Kier alpha value is -1.18. The number of halogens is 1. The average Bonchev–Trinajstić information content (AvgIpc) is 2.20. The third-order valence-electron chi connectivity index (χ3n) is 1.49. The van der Waals surface area contributed by atoms with E-state index in [1.54, 1.807) is 0 Å². The number of benzene rings is 1. The summed E-state index contributed by atoms with van der Waals surface area (Å²) in [5, 5.41) is 9.39. The zero-order valence-corrected chi connectivity index (χ0v) is 9.39. The van der Waals surface area contributed by atoms with Gasteiger partial charge in [0.1, 0.15) is 0 Å². The summed E-state index contributed by atoms with van der Waals surface area (Å²) in [7, 11) is 1.26. The van der Waals surface area contributed by atoms with Crippen LogP contribution in [-0.4, -0.2) is 18.2 Å². The van der Waals surface area contributed by atoms with Gasteiger partial charge in [-0.1, -0.05) is 0 Å². The van der Waals surface area contributed by atoms with Crippen molar-refractivity contribution in [3.63, 3.8) is 0 Å². The van der Waals surface area contributed by atoms with E-state index in [-0.39, 0.29) is 11.3 Å². The Morgan fingerprint density at radius 3 is 2.79 bits per heavy atom. The van der Waals surface area contributed by atoms with E-state index in [0.717, 1.165) is 0 Å². The fraction of sp³-hybridized carbons (Fsp3) is 0.125. The molecule has 0 aromatic heterocycles. The van der Waals surface area contributed by atoms with Crippen LogP contribution in [0.2, 0.25) is 0 Å². The Labute approximate surface area is 90.7 Å². The second-order valence-electron chi connectivity index (χ2n) is 2.31. The van der Waals surface area contributed by atoms with Crippen LogP contribution in [0.15, 0.2) is 21.6 Å². The maximum absolute atomic E-state index is 11.0. The zero-order valence-electron chi connectivity index (χ0n) is 7.23. The third kappa shape index (κ3) is 2.41. The number of methoxy groups -OCH3 is 1. The van der Waals surface area contributed by atoms with Crippen LogP contribution in [-0.2, 0) is 4.74 Å². The van der Waals surface area contributed by atoms with Crippen molar-refractivity contribution in [2.24, 2.45) is 3.39 Å². The minimum absolute atomic E-state index is 0.0831. The molecule has 0 spiro atoms. The Balaban J connectivity index is 2.99. The molecule has 0 aliphatic rings. The number of carbonyl (C=O) groups is 1. The minimum atomic E-state index is -1.06. The van der Waals surface area contributed by atoms with Crippen molar-refractivity contribution in [2.45, 2.75) is 0 Å². The molecule has 0 aliphatic carbocycles. The predicted octanol–water partition coefficient (Wildman–Crippen LogP) is -1.88. The Bertz CT molecular complexity index is 366. The SMILES string of the molecule is COC(=O)c1ccc([I-]N=O)c(O)c1. The molecule has 1 aromatic rings. The molecule has 0 bridgehead atoms. The van der Waals surface area contributed by atoms with Gasteiger partial charge in [0.05, 0.1) is 0 Å². The molecule has 5 nitrogen and oxygen atoms in total. The van der Waals surface area contributed by atoms with Gasteiger partial charge in [0, 0.05) is 0 Å². The van der Waals surface area contributed by atoms with E-state index in [4.69, 9.17) is 0 Å². The average molecular weight is 308 g/mol. The first kappa shape index (κ1) is 10.9. The molecule has 0 amide bonds. The van der Waals surface area contributed by atoms with Gasteiger partial charge in [0.25, 0.3) is 0 Å². The van der Waals surface area contributed by atoms with Gasteiger partial charge < -0.3 is 0 Å². The Morgan fingerprint density at radius 1 is 1.57 bits per heavy atom. The van der Waals surface area contributed by atoms with Crippen LogP contribution in [0, 0.1) is 8.48 Å². The summed E-state index contributed by atoms with van der Waals surface area (Å²) in [6.45, 7) is 0. The molecule has 1 N–H and O–H groups in total. The van der Waals surface area contributed by atoms with Crippen molar-refractivity contribution < 1.29 is 36.1 Å². The van der Waals surface area contributed by atoms with E-state index in [1.807, 2.05) is 0 Å². The van der Waals surface area contributed by atoms with Crippen LogP contribution in [0.25, 0.3) is 0 Å². The molecule has 0 aliphatic heterocycles. The Morgan fingerprint density at radius 2 is 2.29 bits per heavy atom. The molecule has 0 heterocycles. The summed E-state index contributed by atoms with van der Waals surface area (Å²) in [5.41, 5.74) is 0.253. The van der Waals surface area contributed by atoms with Crippen LogP contribution in [0.3, 0.4) is 0 Å². The first-order valence-corrected chi connectivity index (χ1v) is 5.61. The quantitative estimate of drug-likeness (QED) is 0.403. The second-order valence-corrected chi connectivity index (χ2v) is 4.35. The van der Waals surface area contributed by atoms with Crippen molar-refractivity contribution in [3.05, 3.63) is 32.2 Å². The van der Waals surface area contributed by atoms with Gasteiger partial charge in [-0.3, -0.25) is 0 Å². The molecule has 76 valence electrons. The number of aromatic hydroxyl groups is 1. The van der Waals surface area contributed by atoms with Crippen molar-refractivity contribution in [1.29, 1.82) is 0 Å². The molecule has 0 fully saturated rings. The van der Waals surface area contributed by atoms with Gasteiger partial charge in [-0.15, -0.1) is 0 Å². The van der Waals surface area contributed by atoms with Gasteiger partial charge in [-0.2, -0.15) is 0 Å². The number of phenolic OH excluding ortho intramolecular Hbond substituents is 1. The standard InChI is InChI=1S/C8H7INO4/c1-14-8(12)5-2-3-6(9-10-13)7(11)4-5/h2-4,11H,1H3/q-1. The molecule has 0 radical (unpaired) electrons. The van der Waals surface area contributed by atoms with Crippen LogP contribution >= 0.6 is 0 Å². The number of phenols is 1. The van der Waals surface area contributed by atoms with Gasteiger partial charge in [-0.05, 0) is 0 Å². The molecule has 1 rings (SSSR count). The summed E-state index contributed by atoms with van der Waals surface area (Å²) in [5.74, 6) is -0.607. The summed E-state index contributed by atoms with van der Waals surface area (Å²) in [4.78, 5) is 21.0. The van der Waals surface area contributed by atoms with E-state index in [2.05, 4.69) is 8.13 Å². The molecule has 0 saturated carbocycles. The number of nitroso groups, excluding NO2 is 1. The molecule has 1 aromatic carbocycles. The summed E-state index contributed by atoms with van der Waals surface area (Å²) >= 11 is -1.06. The van der Waals surface area contributed by atoms with E-state index >= 15 is 0 Å². The zero-order chi connectivity index (χ0) is 10.6. The molecule has 0 saturated heterocycles. The van der Waals surface area contributed by atoms with Crippen LogP contribution < -0.4 is 21.5 Å². The molecule has 6 heteroatoms. The molecule has 14 heavy (non-hydrogen) atoms. The Kier molecular flexibility index (Phi) is 3.81. The molecule has 0 unspecified atom stereocenters. The number of nitrogens with zero attached hydrogens (tertiary/aromatic N) is 1. The monoisotopic (exact) mass is 308 g/mol. The fourth-order valence-electron chi connectivity index (χ4n) is 0.866. The van der Waals surface area contributed by atoms with Gasteiger partial charge >= 0.3 is 90.6 Å². The summed E-state index contributed by atoms with van der Waals surface area (Å²) in [6, 6.07) is 4.27. The van der Waals surface area contributed by atoms with Crippen molar-refractivity contribution in [3.8, 4) is 5.75 Å². The molecular formula is C8H7INO4-. The van der Waals surface area contributed by atoms with Crippen molar-refractivity contribution in [2.75, 3.05) is 7.11 Å². The number of hydrogen-bond donors (Lipinski definition) is 1. The number of ether oxygens (including phenoxy) is 1.